The van der Waals surface area contributed by atoms with E-state index in [1.54, 1.807) is 6.92 Å². The van der Waals surface area contributed by atoms with E-state index in [1.807, 2.05) is 6.92 Å². The van der Waals surface area contributed by atoms with Crippen LogP contribution in [0.4, 0.5) is 0 Å². The molecule has 1 heterocycles. The molecular weight excluding hydrogens is 252 g/mol. The molecule has 0 aliphatic carbocycles. The van der Waals surface area contributed by atoms with Crippen LogP contribution >= 0.6 is 0 Å². The van der Waals surface area contributed by atoms with Crippen LogP contribution in [0.2, 0.25) is 0 Å². The van der Waals surface area contributed by atoms with Gasteiger partial charge in [0.2, 0.25) is 0 Å². The number of hydrogen-bond donors (Lipinski definition) is 2. The van der Waals surface area contributed by atoms with Crippen LogP contribution in [0.5, 0.6) is 0 Å². The average molecular weight is 278 g/mol. The van der Waals surface area contributed by atoms with Gasteiger partial charge in [-0.2, -0.15) is 0 Å². The molecule has 2 N–H and O–H groups in total. The van der Waals surface area contributed by atoms with Crippen LogP contribution in [0.1, 0.15) is 33.6 Å². The number of hydrogen-bond acceptors (Lipinski definition) is 6. The Bertz CT molecular complexity index is 237. The lowest BCUT2D eigenvalue weighted by molar-refractivity contribution is -0.289. The van der Waals surface area contributed by atoms with E-state index in [0.717, 1.165) is 12.8 Å². The van der Waals surface area contributed by atoms with Crippen LogP contribution in [0.25, 0.3) is 0 Å². The van der Waals surface area contributed by atoms with Gasteiger partial charge in [0.15, 0.2) is 12.6 Å². The van der Waals surface area contributed by atoms with Gasteiger partial charge in [0.25, 0.3) is 0 Å². The second kappa shape index (κ2) is 8.84. The number of aliphatic hydroxyl groups is 2. The number of aliphatic hydroxyl groups excluding tert-OH is 2. The predicted molar refractivity (Wildman–Crippen MR) is 68.6 cm³/mol. The molecule has 6 heteroatoms. The Labute approximate surface area is 114 Å². The minimum absolute atomic E-state index is 0.0559. The minimum atomic E-state index is -1.30. The SMILES string of the molecule is CCCCOC[C@@H](O)[C@@H](O)OC1COC(C)O[C@H]1C. The predicted octanol–water partition coefficient (Wildman–Crippen LogP) is 0.649. The third kappa shape index (κ3) is 6.16. The Kier molecular flexibility index (Phi) is 7.82. The summed E-state index contributed by atoms with van der Waals surface area (Å²) in [5.74, 6) is 0. The van der Waals surface area contributed by atoms with Crippen LogP contribution in [-0.4, -0.2) is 60.9 Å². The van der Waals surface area contributed by atoms with E-state index in [2.05, 4.69) is 6.92 Å². The van der Waals surface area contributed by atoms with Gasteiger partial charge >= 0.3 is 0 Å². The highest BCUT2D eigenvalue weighted by molar-refractivity contribution is 4.72. The molecule has 0 spiro atoms. The number of rotatable bonds is 8. The highest BCUT2D eigenvalue weighted by Gasteiger charge is 2.31. The van der Waals surface area contributed by atoms with Crippen molar-refractivity contribution < 1.29 is 29.2 Å². The van der Waals surface area contributed by atoms with Gasteiger partial charge in [-0.15, -0.1) is 0 Å². The molecule has 0 aromatic heterocycles. The van der Waals surface area contributed by atoms with Gasteiger partial charge in [-0.3, -0.25) is 0 Å². The maximum Gasteiger partial charge on any atom is 0.183 e. The normalized spacial score (nSPS) is 31.1. The molecular formula is C13H26O6. The van der Waals surface area contributed by atoms with E-state index in [-0.39, 0.29) is 19.0 Å². The number of unbranched alkanes of at least 4 members (excludes halogenated alkanes) is 1. The summed E-state index contributed by atoms with van der Waals surface area (Å²) in [5, 5.41) is 19.5. The van der Waals surface area contributed by atoms with Crippen molar-refractivity contribution in [3.8, 4) is 0 Å². The van der Waals surface area contributed by atoms with Gasteiger partial charge in [-0.1, -0.05) is 13.3 Å². The average Bonchev–Trinajstić information content (AvgIpc) is 2.37. The second-order valence-corrected chi connectivity index (χ2v) is 4.80. The Morgan fingerprint density at radius 3 is 2.68 bits per heavy atom. The van der Waals surface area contributed by atoms with Crippen LogP contribution in [0.15, 0.2) is 0 Å². The maximum absolute atomic E-state index is 9.75. The van der Waals surface area contributed by atoms with E-state index in [0.29, 0.717) is 13.2 Å². The summed E-state index contributed by atoms with van der Waals surface area (Å²) in [6.45, 7) is 6.68. The van der Waals surface area contributed by atoms with E-state index < -0.39 is 18.5 Å². The molecule has 0 bridgehead atoms. The van der Waals surface area contributed by atoms with Crippen molar-refractivity contribution in [2.45, 2.75) is 64.5 Å². The first kappa shape index (κ1) is 16.8. The Balaban J connectivity index is 2.23. The topological polar surface area (TPSA) is 77.4 Å². The standard InChI is InChI=1S/C13H26O6/c1-4-5-6-16-7-11(14)13(15)19-12-8-17-10(3)18-9(12)2/h9-15H,4-8H2,1-3H3/t9-,10?,11+,12?,13-/m0/s1. The molecule has 0 amide bonds. The maximum atomic E-state index is 9.75. The molecule has 5 atom stereocenters. The molecule has 114 valence electrons. The molecule has 0 aromatic rings. The summed E-state index contributed by atoms with van der Waals surface area (Å²) < 4.78 is 21.3. The van der Waals surface area contributed by atoms with Crippen LogP contribution in [0, 0.1) is 0 Å². The fourth-order valence-electron chi connectivity index (χ4n) is 1.75. The molecule has 1 fully saturated rings. The van der Waals surface area contributed by atoms with Crippen molar-refractivity contribution in [1.82, 2.24) is 0 Å². The van der Waals surface area contributed by atoms with Gasteiger partial charge < -0.3 is 29.2 Å². The van der Waals surface area contributed by atoms with Crippen molar-refractivity contribution in [3.05, 3.63) is 0 Å². The summed E-state index contributed by atoms with van der Waals surface area (Å²) in [6.07, 6.45) is -1.25. The van der Waals surface area contributed by atoms with Crippen molar-refractivity contribution >= 4 is 0 Å². The smallest absolute Gasteiger partial charge is 0.183 e. The monoisotopic (exact) mass is 278 g/mol. The van der Waals surface area contributed by atoms with Crippen LogP contribution in [0.3, 0.4) is 0 Å². The highest BCUT2D eigenvalue weighted by Crippen LogP contribution is 2.17. The summed E-state index contributed by atoms with van der Waals surface area (Å²) in [4.78, 5) is 0. The Morgan fingerprint density at radius 2 is 2.05 bits per heavy atom. The first-order valence-electron chi connectivity index (χ1n) is 6.91. The molecule has 1 aliphatic rings. The van der Waals surface area contributed by atoms with E-state index in [4.69, 9.17) is 18.9 Å². The molecule has 6 nitrogen and oxygen atoms in total. The molecule has 0 aromatic carbocycles. The van der Waals surface area contributed by atoms with Crippen LogP contribution in [-0.2, 0) is 18.9 Å². The fraction of sp³-hybridized carbons (Fsp3) is 1.00. The number of ether oxygens (including phenoxy) is 4. The summed E-state index contributed by atoms with van der Waals surface area (Å²) >= 11 is 0. The van der Waals surface area contributed by atoms with Crippen molar-refractivity contribution in [2.24, 2.45) is 0 Å². The fourth-order valence-corrected chi connectivity index (χ4v) is 1.75. The molecule has 2 unspecified atom stereocenters. The second-order valence-electron chi connectivity index (χ2n) is 4.80. The molecule has 1 aliphatic heterocycles. The molecule has 1 rings (SSSR count). The van der Waals surface area contributed by atoms with Crippen molar-refractivity contribution in [3.63, 3.8) is 0 Å². The lowest BCUT2D eigenvalue weighted by atomic mass is 10.2. The van der Waals surface area contributed by atoms with E-state index in [9.17, 15) is 10.2 Å². The Hall–Kier alpha value is -0.240. The highest BCUT2D eigenvalue weighted by atomic mass is 16.7. The largest absolute Gasteiger partial charge is 0.385 e. The van der Waals surface area contributed by atoms with Gasteiger partial charge in [-0.25, -0.2) is 0 Å². The zero-order valence-electron chi connectivity index (χ0n) is 11.9. The van der Waals surface area contributed by atoms with Crippen molar-refractivity contribution in [2.75, 3.05) is 19.8 Å². The van der Waals surface area contributed by atoms with Gasteiger partial charge in [0.1, 0.15) is 12.2 Å². The third-order valence-corrected chi connectivity index (χ3v) is 3.00. The molecule has 0 saturated carbocycles. The molecule has 0 radical (unpaired) electrons. The Morgan fingerprint density at radius 1 is 1.32 bits per heavy atom. The van der Waals surface area contributed by atoms with E-state index >= 15 is 0 Å². The zero-order chi connectivity index (χ0) is 14.3. The van der Waals surface area contributed by atoms with E-state index in [1.165, 1.54) is 0 Å². The first-order chi connectivity index (χ1) is 9.04. The quantitative estimate of drug-likeness (QED) is 0.501. The summed E-state index contributed by atoms with van der Waals surface area (Å²) in [5.41, 5.74) is 0. The lowest BCUT2D eigenvalue weighted by Crippen LogP contribution is -2.47. The molecule has 1 saturated heterocycles. The summed E-state index contributed by atoms with van der Waals surface area (Å²) in [6, 6.07) is 0. The minimum Gasteiger partial charge on any atom is -0.385 e. The van der Waals surface area contributed by atoms with Gasteiger partial charge in [-0.05, 0) is 20.3 Å². The first-order valence-corrected chi connectivity index (χ1v) is 6.91. The third-order valence-electron chi connectivity index (χ3n) is 3.00. The van der Waals surface area contributed by atoms with Gasteiger partial charge in [0, 0.05) is 6.61 Å². The van der Waals surface area contributed by atoms with Crippen LogP contribution < -0.4 is 0 Å². The van der Waals surface area contributed by atoms with Crippen molar-refractivity contribution in [1.29, 1.82) is 0 Å². The summed E-state index contributed by atoms with van der Waals surface area (Å²) in [7, 11) is 0. The van der Waals surface area contributed by atoms with Gasteiger partial charge in [0.05, 0.1) is 19.3 Å². The zero-order valence-corrected chi connectivity index (χ0v) is 11.9. The lowest BCUT2D eigenvalue weighted by Gasteiger charge is -2.34. The molecule has 19 heavy (non-hydrogen) atoms.